The number of nitrogens with one attached hydrogen (secondary N) is 1. The van der Waals surface area contributed by atoms with Crippen LogP contribution < -0.4 is 5.32 Å². The number of hydrogen-bond acceptors (Lipinski definition) is 3. The van der Waals surface area contributed by atoms with Crippen molar-refractivity contribution in [3.05, 3.63) is 33.5 Å². The molecule has 1 aromatic carbocycles. The molecule has 0 spiro atoms. The molecule has 108 valence electrons. The molecule has 0 amide bonds. The van der Waals surface area contributed by atoms with Gasteiger partial charge in [0.2, 0.25) is 0 Å². The summed E-state index contributed by atoms with van der Waals surface area (Å²) >= 11 is 3.37. The maximum atomic E-state index is 13.9. The molecular formula is C14H21BrFNO2. The van der Waals surface area contributed by atoms with Crippen LogP contribution in [0.4, 0.5) is 4.39 Å². The van der Waals surface area contributed by atoms with Crippen LogP contribution in [0, 0.1) is 12.7 Å². The molecule has 0 bridgehead atoms. The monoisotopic (exact) mass is 333 g/mol. The zero-order valence-corrected chi connectivity index (χ0v) is 13.2. The van der Waals surface area contributed by atoms with Gasteiger partial charge in [-0.15, -0.1) is 0 Å². The minimum absolute atomic E-state index is 0.167. The van der Waals surface area contributed by atoms with Gasteiger partial charge in [0, 0.05) is 36.3 Å². The second-order valence-corrected chi connectivity index (χ2v) is 5.08. The van der Waals surface area contributed by atoms with E-state index in [4.69, 9.17) is 9.47 Å². The van der Waals surface area contributed by atoms with Crippen molar-refractivity contribution in [2.45, 2.75) is 33.6 Å². The fourth-order valence-corrected chi connectivity index (χ4v) is 2.41. The fourth-order valence-electron chi connectivity index (χ4n) is 1.79. The summed E-state index contributed by atoms with van der Waals surface area (Å²) in [5.41, 5.74) is 1.27. The molecule has 0 unspecified atom stereocenters. The molecule has 0 aliphatic rings. The highest BCUT2D eigenvalue weighted by Crippen LogP contribution is 2.19. The number of aryl methyl sites for hydroxylation is 1. The smallest absolute Gasteiger partial charge is 0.169 e. The van der Waals surface area contributed by atoms with Crippen LogP contribution in [0.1, 0.15) is 25.0 Å². The zero-order valence-electron chi connectivity index (χ0n) is 11.6. The lowest BCUT2D eigenvalue weighted by Crippen LogP contribution is -2.31. The molecule has 0 heterocycles. The molecule has 0 aromatic heterocycles. The second-order valence-electron chi connectivity index (χ2n) is 4.17. The normalized spacial score (nSPS) is 11.3. The third-order valence-electron chi connectivity index (χ3n) is 2.63. The molecule has 0 aliphatic heterocycles. The Kier molecular flexibility index (Phi) is 7.53. The average molecular weight is 334 g/mol. The van der Waals surface area contributed by atoms with E-state index in [1.54, 1.807) is 19.1 Å². The Labute approximate surface area is 122 Å². The van der Waals surface area contributed by atoms with Crippen molar-refractivity contribution in [3.63, 3.8) is 0 Å². The minimum Gasteiger partial charge on any atom is -0.352 e. The molecule has 0 fully saturated rings. The summed E-state index contributed by atoms with van der Waals surface area (Å²) in [6.45, 7) is 7.77. The van der Waals surface area contributed by atoms with Crippen LogP contribution in [0.5, 0.6) is 0 Å². The first kappa shape index (κ1) is 16.6. The molecule has 1 N–H and O–H groups in total. The average Bonchev–Trinajstić information content (AvgIpc) is 2.35. The van der Waals surface area contributed by atoms with Crippen LogP contribution in [0.2, 0.25) is 0 Å². The number of ether oxygens (including phenoxy) is 2. The van der Waals surface area contributed by atoms with Gasteiger partial charge in [0.25, 0.3) is 0 Å². The fraction of sp³-hybridized carbons (Fsp3) is 0.571. The largest absolute Gasteiger partial charge is 0.352 e. The van der Waals surface area contributed by atoms with E-state index in [2.05, 4.69) is 21.2 Å². The molecule has 1 rings (SSSR count). The third-order valence-corrected chi connectivity index (χ3v) is 3.08. The Morgan fingerprint density at radius 2 is 1.89 bits per heavy atom. The highest BCUT2D eigenvalue weighted by molar-refractivity contribution is 9.10. The Hall–Kier alpha value is -0.490. The third kappa shape index (κ3) is 5.57. The van der Waals surface area contributed by atoms with Crippen molar-refractivity contribution in [1.82, 2.24) is 5.32 Å². The Balaban J connectivity index is 2.52. The first-order chi connectivity index (χ1) is 9.08. The predicted octanol–water partition coefficient (Wildman–Crippen LogP) is 3.39. The van der Waals surface area contributed by atoms with E-state index in [1.807, 2.05) is 13.8 Å². The van der Waals surface area contributed by atoms with Gasteiger partial charge >= 0.3 is 0 Å². The Morgan fingerprint density at radius 1 is 1.26 bits per heavy atom. The number of benzene rings is 1. The summed E-state index contributed by atoms with van der Waals surface area (Å²) in [5, 5.41) is 3.16. The van der Waals surface area contributed by atoms with E-state index in [0.29, 0.717) is 37.4 Å². The molecule has 0 saturated carbocycles. The van der Waals surface area contributed by atoms with Gasteiger partial charge in [-0.2, -0.15) is 0 Å². The van der Waals surface area contributed by atoms with Crippen LogP contribution in [-0.4, -0.2) is 26.0 Å². The van der Waals surface area contributed by atoms with Gasteiger partial charge < -0.3 is 14.8 Å². The number of hydrogen-bond donors (Lipinski definition) is 1. The number of rotatable bonds is 8. The van der Waals surface area contributed by atoms with Gasteiger partial charge in [-0.3, -0.25) is 0 Å². The van der Waals surface area contributed by atoms with Crippen molar-refractivity contribution in [2.75, 3.05) is 19.8 Å². The van der Waals surface area contributed by atoms with E-state index >= 15 is 0 Å². The predicted molar refractivity (Wildman–Crippen MR) is 77.6 cm³/mol. The van der Waals surface area contributed by atoms with Gasteiger partial charge in [0.1, 0.15) is 5.82 Å². The van der Waals surface area contributed by atoms with Gasteiger partial charge in [0.05, 0.1) is 0 Å². The molecule has 5 heteroatoms. The van der Waals surface area contributed by atoms with Crippen molar-refractivity contribution >= 4 is 15.9 Å². The molecule has 0 saturated heterocycles. The lowest BCUT2D eigenvalue weighted by atomic mass is 10.1. The summed E-state index contributed by atoms with van der Waals surface area (Å²) in [7, 11) is 0. The number of halogens is 2. The second kappa shape index (κ2) is 8.64. The van der Waals surface area contributed by atoms with Crippen LogP contribution in [-0.2, 0) is 16.0 Å². The van der Waals surface area contributed by atoms with Gasteiger partial charge in [-0.05, 0) is 38.5 Å². The topological polar surface area (TPSA) is 30.5 Å². The first-order valence-electron chi connectivity index (χ1n) is 6.46. The standard InChI is InChI=1S/C14H21BrFNO2/c1-4-18-13(19-5-2)9-17-8-11-7-12(15)6-10(3)14(11)16/h6-7,13,17H,4-5,8-9H2,1-3H3. The molecular weight excluding hydrogens is 313 g/mol. The van der Waals surface area contributed by atoms with Crippen LogP contribution in [0.15, 0.2) is 16.6 Å². The minimum atomic E-state index is -0.286. The lowest BCUT2D eigenvalue weighted by Gasteiger charge is -2.17. The Morgan fingerprint density at radius 3 is 2.47 bits per heavy atom. The van der Waals surface area contributed by atoms with Gasteiger partial charge in [-0.25, -0.2) is 4.39 Å². The van der Waals surface area contributed by atoms with E-state index in [0.717, 1.165) is 4.47 Å². The van der Waals surface area contributed by atoms with Crippen LogP contribution in [0.3, 0.4) is 0 Å². The van der Waals surface area contributed by atoms with Crippen molar-refractivity contribution in [2.24, 2.45) is 0 Å². The molecule has 0 aliphatic carbocycles. The summed E-state index contributed by atoms with van der Waals surface area (Å²) in [5.74, 6) is -0.167. The van der Waals surface area contributed by atoms with Gasteiger partial charge in [-0.1, -0.05) is 15.9 Å². The lowest BCUT2D eigenvalue weighted by molar-refractivity contribution is -0.133. The maximum Gasteiger partial charge on any atom is 0.169 e. The van der Waals surface area contributed by atoms with Gasteiger partial charge in [0.15, 0.2) is 6.29 Å². The first-order valence-corrected chi connectivity index (χ1v) is 7.26. The molecule has 1 aromatic rings. The SMILES string of the molecule is CCOC(CNCc1cc(Br)cc(C)c1F)OCC. The molecule has 3 nitrogen and oxygen atoms in total. The maximum absolute atomic E-state index is 13.9. The summed E-state index contributed by atoms with van der Waals surface area (Å²) < 4.78 is 25.6. The van der Waals surface area contributed by atoms with Crippen molar-refractivity contribution in [1.29, 1.82) is 0 Å². The van der Waals surface area contributed by atoms with E-state index < -0.39 is 0 Å². The molecule has 19 heavy (non-hydrogen) atoms. The summed E-state index contributed by atoms with van der Waals surface area (Å²) in [6, 6.07) is 3.55. The summed E-state index contributed by atoms with van der Waals surface area (Å²) in [6.07, 6.45) is -0.286. The zero-order chi connectivity index (χ0) is 14.3. The van der Waals surface area contributed by atoms with Crippen LogP contribution >= 0.6 is 15.9 Å². The highest BCUT2D eigenvalue weighted by atomic mass is 79.9. The van der Waals surface area contributed by atoms with Crippen LogP contribution in [0.25, 0.3) is 0 Å². The highest BCUT2D eigenvalue weighted by Gasteiger charge is 2.10. The van der Waals surface area contributed by atoms with E-state index in [-0.39, 0.29) is 12.1 Å². The van der Waals surface area contributed by atoms with Crippen molar-refractivity contribution in [3.8, 4) is 0 Å². The quantitative estimate of drug-likeness (QED) is 0.740. The molecule has 0 atom stereocenters. The summed E-state index contributed by atoms with van der Waals surface area (Å²) in [4.78, 5) is 0. The van der Waals surface area contributed by atoms with Crippen molar-refractivity contribution < 1.29 is 13.9 Å². The molecule has 0 radical (unpaired) electrons. The van der Waals surface area contributed by atoms with E-state index in [9.17, 15) is 4.39 Å². The van der Waals surface area contributed by atoms with E-state index in [1.165, 1.54) is 0 Å². The Bertz CT molecular complexity index is 395.